The summed E-state index contributed by atoms with van der Waals surface area (Å²) in [5, 5.41) is 2.82. The van der Waals surface area contributed by atoms with Gasteiger partial charge in [0, 0.05) is 18.3 Å². The lowest BCUT2D eigenvalue weighted by Crippen LogP contribution is -2.15. The second-order valence-electron chi connectivity index (χ2n) is 6.58. The van der Waals surface area contributed by atoms with Crippen molar-refractivity contribution in [3.8, 4) is 17.2 Å². The molecule has 0 aliphatic heterocycles. The molecule has 4 rings (SSSR count). The molecule has 0 bridgehead atoms. The molecule has 148 valence electrons. The molecule has 2 aromatic carbocycles. The van der Waals surface area contributed by atoms with Crippen molar-refractivity contribution in [3.05, 3.63) is 64.5 Å². The summed E-state index contributed by atoms with van der Waals surface area (Å²) < 4.78 is 17.3. The van der Waals surface area contributed by atoms with Gasteiger partial charge < -0.3 is 18.9 Å². The molecule has 8 heteroatoms. The average Bonchev–Trinajstić information content (AvgIpc) is 3.21. The van der Waals surface area contributed by atoms with Crippen molar-refractivity contribution in [1.29, 1.82) is 0 Å². The highest BCUT2D eigenvalue weighted by Crippen LogP contribution is 2.24. The minimum Gasteiger partial charge on any atom is -0.497 e. The summed E-state index contributed by atoms with van der Waals surface area (Å²) >= 11 is 0. The van der Waals surface area contributed by atoms with Crippen LogP contribution in [0.5, 0.6) is 5.75 Å². The van der Waals surface area contributed by atoms with Crippen molar-refractivity contribution in [2.75, 3.05) is 12.4 Å². The van der Waals surface area contributed by atoms with E-state index >= 15 is 0 Å². The van der Waals surface area contributed by atoms with Crippen LogP contribution in [0, 0.1) is 6.92 Å². The molecule has 0 saturated carbocycles. The lowest BCUT2D eigenvalue weighted by molar-refractivity contribution is -0.115. The van der Waals surface area contributed by atoms with E-state index < -0.39 is 5.76 Å². The lowest BCUT2D eigenvalue weighted by Gasteiger charge is -2.04. The monoisotopic (exact) mass is 393 g/mol. The van der Waals surface area contributed by atoms with E-state index in [0.29, 0.717) is 34.1 Å². The number of amides is 1. The zero-order valence-electron chi connectivity index (χ0n) is 16.2. The number of aryl methyl sites for hydroxylation is 2. The first kappa shape index (κ1) is 18.5. The van der Waals surface area contributed by atoms with Gasteiger partial charge in [0.25, 0.3) is 0 Å². The highest BCUT2D eigenvalue weighted by Gasteiger charge is 2.16. The smallest absolute Gasteiger partial charge is 0.419 e. The van der Waals surface area contributed by atoms with Crippen molar-refractivity contribution in [2.24, 2.45) is 7.05 Å². The van der Waals surface area contributed by atoms with Crippen LogP contribution in [-0.2, 0) is 18.3 Å². The number of methoxy groups -OCH3 is 1. The summed E-state index contributed by atoms with van der Waals surface area (Å²) in [6.45, 7) is 1.77. The third-order valence-corrected chi connectivity index (χ3v) is 4.63. The Morgan fingerprint density at radius 3 is 2.66 bits per heavy atom. The van der Waals surface area contributed by atoms with Crippen LogP contribution in [-0.4, -0.2) is 22.6 Å². The number of carbonyl (C=O) groups is 1. The molecule has 1 N–H and O–H groups in total. The molecule has 0 unspecified atom stereocenters. The van der Waals surface area contributed by atoms with Crippen LogP contribution in [0.3, 0.4) is 0 Å². The van der Waals surface area contributed by atoms with E-state index in [1.54, 1.807) is 39.3 Å². The first-order chi connectivity index (χ1) is 13.9. The van der Waals surface area contributed by atoms with Crippen LogP contribution in [0.4, 0.5) is 5.69 Å². The summed E-state index contributed by atoms with van der Waals surface area (Å²) in [4.78, 5) is 28.5. The van der Waals surface area contributed by atoms with Gasteiger partial charge in [0.05, 0.1) is 24.7 Å². The van der Waals surface area contributed by atoms with E-state index in [1.165, 1.54) is 4.57 Å². The summed E-state index contributed by atoms with van der Waals surface area (Å²) in [5.74, 6) is 1.08. The van der Waals surface area contributed by atoms with Crippen molar-refractivity contribution in [2.45, 2.75) is 13.3 Å². The second kappa shape index (κ2) is 7.31. The molecule has 0 radical (unpaired) electrons. The van der Waals surface area contributed by atoms with Gasteiger partial charge >= 0.3 is 5.76 Å². The highest BCUT2D eigenvalue weighted by molar-refractivity contribution is 5.94. The number of aromatic nitrogens is 2. The molecule has 0 aliphatic carbocycles. The summed E-state index contributed by atoms with van der Waals surface area (Å²) in [6.07, 6.45) is 0.0633. The maximum absolute atomic E-state index is 12.5. The Bertz CT molecular complexity index is 1250. The fourth-order valence-corrected chi connectivity index (χ4v) is 3.01. The quantitative estimate of drug-likeness (QED) is 0.559. The average molecular weight is 393 g/mol. The zero-order valence-corrected chi connectivity index (χ0v) is 16.2. The Balaban J connectivity index is 1.50. The largest absolute Gasteiger partial charge is 0.497 e. The molecule has 2 aromatic heterocycles. The van der Waals surface area contributed by atoms with Crippen LogP contribution in [0.2, 0.25) is 0 Å². The van der Waals surface area contributed by atoms with Crippen LogP contribution in [0.15, 0.2) is 56.1 Å². The normalized spacial score (nSPS) is 11.0. The summed E-state index contributed by atoms with van der Waals surface area (Å²) in [7, 11) is 3.21. The van der Waals surface area contributed by atoms with Gasteiger partial charge in [-0.25, -0.2) is 9.78 Å². The maximum atomic E-state index is 12.5. The van der Waals surface area contributed by atoms with E-state index in [2.05, 4.69) is 10.3 Å². The lowest BCUT2D eigenvalue weighted by atomic mass is 10.2. The number of rotatable bonds is 5. The Hall–Kier alpha value is -3.81. The molecule has 4 aromatic rings. The number of hydrogen-bond donors (Lipinski definition) is 1. The van der Waals surface area contributed by atoms with Gasteiger partial charge in [-0.05, 0) is 49.4 Å². The van der Waals surface area contributed by atoms with E-state index in [4.69, 9.17) is 13.6 Å². The molecular weight excluding hydrogens is 374 g/mol. The molecule has 0 aliphatic rings. The number of oxazole rings is 2. The topological polar surface area (TPSA) is 99.5 Å². The number of anilines is 1. The van der Waals surface area contributed by atoms with Gasteiger partial charge in [-0.2, -0.15) is 0 Å². The van der Waals surface area contributed by atoms with Crippen molar-refractivity contribution in [3.63, 3.8) is 0 Å². The first-order valence-corrected chi connectivity index (χ1v) is 8.95. The minimum absolute atomic E-state index is 0.0633. The molecule has 1 amide bonds. The number of carbonyl (C=O) groups excluding carboxylic acids is 1. The predicted molar refractivity (Wildman–Crippen MR) is 107 cm³/mol. The van der Waals surface area contributed by atoms with Crippen LogP contribution in [0.1, 0.15) is 11.5 Å². The fraction of sp³-hybridized carbons (Fsp3) is 0.190. The molecule has 8 nitrogen and oxygen atoms in total. The molecule has 0 spiro atoms. The van der Waals surface area contributed by atoms with Crippen LogP contribution < -0.4 is 15.8 Å². The van der Waals surface area contributed by atoms with Crippen molar-refractivity contribution < 1.29 is 18.4 Å². The third kappa shape index (κ3) is 3.64. The summed E-state index contributed by atoms with van der Waals surface area (Å²) in [6, 6.07) is 12.4. The summed E-state index contributed by atoms with van der Waals surface area (Å²) in [5.41, 5.74) is 2.99. The standard InChI is InChI=1S/C21H19N3O5/c1-12-16(23-20(28-12)13-4-7-15(27-3)8-5-13)11-19(25)22-14-6-9-18-17(10-14)24(2)21(26)29-18/h4-10H,11H2,1-3H3,(H,22,25). The number of ether oxygens (including phenoxy) is 1. The van der Waals surface area contributed by atoms with Crippen molar-refractivity contribution in [1.82, 2.24) is 9.55 Å². The zero-order chi connectivity index (χ0) is 20.5. The van der Waals surface area contributed by atoms with Crippen molar-refractivity contribution >= 4 is 22.7 Å². The highest BCUT2D eigenvalue weighted by atomic mass is 16.5. The number of nitrogens with one attached hydrogen (secondary N) is 1. The number of benzene rings is 2. The predicted octanol–water partition coefficient (Wildman–Crippen LogP) is 3.28. The van der Waals surface area contributed by atoms with Gasteiger partial charge in [-0.1, -0.05) is 0 Å². The number of fused-ring (bicyclic) bond motifs is 1. The molecule has 0 fully saturated rings. The minimum atomic E-state index is -0.451. The molecule has 0 atom stereocenters. The Kier molecular flexibility index (Phi) is 4.67. The van der Waals surface area contributed by atoms with Gasteiger partial charge in [0.15, 0.2) is 5.58 Å². The van der Waals surface area contributed by atoms with Crippen LogP contribution in [0.25, 0.3) is 22.6 Å². The Morgan fingerprint density at radius 2 is 1.93 bits per heavy atom. The molecular formula is C21H19N3O5. The Labute approximate surface area is 165 Å². The molecule has 2 heterocycles. The maximum Gasteiger partial charge on any atom is 0.419 e. The Morgan fingerprint density at radius 1 is 1.17 bits per heavy atom. The van der Waals surface area contributed by atoms with Gasteiger partial charge in [0.1, 0.15) is 11.5 Å². The second-order valence-corrected chi connectivity index (χ2v) is 6.58. The molecule has 29 heavy (non-hydrogen) atoms. The van der Waals surface area contributed by atoms with E-state index in [-0.39, 0.29) is 12.3 Å². The number of hydrogen-bond acceptors (Lipinski definition) is 6. The van der Waals surface area contributed by atoms with E-state index in [9.17, 15) is 9.59 Å². The SMILES string of the molecule is COc1ccc(-c2nc(CC(=O)Nc3ccc4oc(=O)n(C)c4c3)c(C)o2)cc1. The van der Waals surface area contributed by atoms with Gasteiger partial charge in [0.2, 0.25) is 11.8 Å². The molecule has 0 saturated heterocycles. The van der Waals surface area contributed by atoms with Gasteiger partial charge in [-0.3, -0.25) is 9.36 Å². The van der Waals surface area contributed by atoms with E-state index in [0.717, 1.165) is 11.3 Å². The van der Waals surface area contributed by atoms with Gasteiger partial charge in [-0.15, -0.1) is 0 Å². The first-order valence-electron chi connectivity index (χ1n) is 8.95. The van der Waals surface area contributed by atoms with E-state index in [1.807, 2.05) is 24.3 Å². The number of nitrogens with zero attached hydrogens (tertiary/aromatic N) is 2. The van der Waals surface area contributed by atoms with Crippen LogP contribution >= 0.6 is 0 Å². The fourth-order valence-electron chi connectivity index (χ4n) is 3.01. The third-order valence-electron chi connectivity index (χ3n) is 4.63.